The Morgan fingerprint density at radius 3 is 2.66 bits per heavy atom. The van der Waals surface area contributed by atoms with Crippen LogP contribution in [0.15, 0.2) is 65.0 Å². The van der Waals surface area contributed by atoms with E-state index in [9.17, 15) is 14.4 Å². The van der Waals surface area contributed by atoms with Gasteiger partial charge in [0.25, 0.3) is 11.5 Å². The van der Waals surface area contributed by atoms with Gasteiger partial charge in [0.2, 0.25) is 5.91 Å². The molecule has 0 radical (unpaired) electrons. The average Bonchev–Trinajstić information content (AvgIpc) is 3.23. The number of hydrogen-bond donors (Lipinski definition) is 1. The molecule has 3 aromatic rings. The molecule has 0 aliphatic heterocycles. The molecule has 2 heterocycles. The van der Waals surface area contributed by atoms with Gasteiger partial charge in [-0.1, -0.05) is 37.3 Å². The zero-order valence-corrected chi connectivity index (χ0v) is 17.1. The zero-order valence-electron chi connectivity index (χ0n) is 16.2. The molecule has 0 unspecified atom stereocenters. The van der Waals surface area contributed by atoms with Crippen molar-refractivity contribution in [3.8, 4) is 0 Å². The highest BCUT2D eigenvalue weighted by molar-refractivity contribution is 7.13. The summed E-state index contributed by atoms with van der Waals surface area (Å²) in [5.41, 5.74) is 0.598. The molecule has 3 rings (SSSR count). The molecule has 7 nitrogen and oxygen atoms in total. The molecule has 0 aliphatic carbocycles. The topological polar surface area (TPSA) is 84.3 Å². The number of amides is 2. The summed E-state index contributed by atoms with van der Waals surface area (Å²) in [6, 6.07) is 13.0. The number of carbonyl (C=O) groups excluding carboxylic acids is 2. The number of likely N-dealkylation sites (N-methyl/N-ethyl adjacent to an activating group) is 1. The van der Waals surface area contributed by atoms with Crippen LogP contribution in [-0.4, -0.2) is 39.9 Å². The quantitative estimate of drug-likeness (QED) is 0.649. The summed E-state index contributed by atoms with van der Waals surface area (Å²) in [6.45, 7) is 2.45. The first-order valence-electron chi connectivity index (χ1n) is 9.15. The number of benzene rings is 1. The van der Waals surface area contributed by atoms with Crippen molar-refractivity contribution in [2.24, 2.45) is 0 Å². The van der Waals surface area contributed by atoms with Gasteiger partial charge in [-0.3, -0.25) is 19.7 Å². The molecule has 0 bridgehead atoms. The predicted molar refractivity (Wildman–Crippen MR) is 113 cm³/mol. The van der Waals surface area contributed by atoms with Crippen molar-refractivity contribution in [2.45, 2.75) is 19.4 Å². The Labute approximate surface area is 172 Å². The van der Waals surface area contributed by atoms with E-state index in [1.54, 1.807) is 29.6 Å². The number of carbonyl (C=O) groups is 2. The molecule has 0 fully saturated rings. The summed E-state index contributed by atoms with van der Waals surface area (Å²) in [5.74, 6) is -0.581. The monoisotopic (exact) mass is 410 g/mol. The first-order chi connectivity index (χ1) is 14.0. The minimum Gasteiger partial charge on any atom is -0.344 e. The lowest BCUT2D eigenvalue weighted by Gasteiger charge is -2.22. The Kier molecular flexibility index (Phi) is 6.56. The fourth-order valence-electron chi connectivity index (χ4n) is 2.95. The van der Waals surface area contributed by atoms with E-state index in [0.717, 1.165) is 5.56 Å². The number of aromatic nitrogens is 2. The summed E-state index contributed by atoms with van der Waals surface area (Å²) in [4.78, 5) is 43.2. The fourth-order valence-corrected chi connectivity index (χ4v) is 3.47. The van der Waals surface area contributed by atoms with E-state index in [1.165, 1.54) is 28.2 Å². The van der Waals surface area contributed by atoms with Crippen molar-refractivity contribution < 1.29 is 9.59 Å². The van der Waals surface area contributed by atoms with Gasteiger partial charge < -0.3 is 9.47 Å². The molecule has 2 aromatic heterocycles. The number of nitrogens with zero attached hydrogens (tertiary/aromatic N) is 3. The predicted octanol–water partition coefficient (Wildman–Crippen LogP) is 2.82. The Hall–Kier alpha value is -3.26. The van der Waals surface area contributed by atoms with E-state index in [4.69, 9.17) is 0 Å². The molecular formula is C21H22N4O3S. The number of thiazole rings is 1. The van der Waals surface area contributed by atoms with Crippen LogP contribution < -0.4 is 10.9 Å². The van der Waals surface area contributed by atoms with E-state index >= 15 is 0 Å². The van der Waals surface area contributed by atoms with Gasteiger partial charge in [0, 0.05) is 31.4 Å². The van der Waals surface area contributed by atoms with E-state index in [2.05, 4.69) is 17.2 Å². The van der Waals surface area contributed by atoms with Crippen LogP contribution in [0.2, 0.25) is 0 Å². The van der Waals surface area contributed by atoms with Crippen LogP contribution >= 0.6 is 11.3 Å². The van der Waals surface area contributed by atoms with E-state index in [-0.39, 0.29) is 23.9 Å². The largest absolute Gasteiger partial charge is 0.344 e. The summed E-state index contributed by atoms with van der Waals surface area (Å²) in [7, 11) is 1.71. The third-order valence-electron chi connectivity index (χ3n) is 4.57. The van der Waals surface area contributed by atoms with Crippen molar-refractivity contribution in [3.63, 3.8) is 0 Å². The third-order valence-corrected chi connectivity index (χ3v) is 5.25. The van der Waals surface area contributed by atoms with Crippen LogP contribution in [0.1, 0.15) is 28.8 Å². The van der Waals surface area contributed by atoms with Crippen molar-refractivity contribution >= 4 is 28.3 Å². The number of rotatable bonds is 7. The summed E-state index contributed by atoms with van der Waals surface area (Å²) in [6.07, 6.45) is 3.07. The SMILES string of the molecule is C[C@H](CN(C)C(=O)Cn1cccc(C(=O)Nc2nccs2)c1=O)c1ccccc1. The van der Waals surface area contributed by atoms with E-state index < -0.39 is 11.5 Å². The lowest BCUT2D eigenvalue weighted by atomic mass is 10.0. The van der Waals surface area contributed by atoms with Crippen LogP contribution in [0.4, 0.5) is 5.13 Å². The molecule has 2 amide bonds. The van der Waals surface area contributed by atoms with Gasteiger partial charge in [0.15, 0.2) is 5.13 Å². The summed E-state index contributed by atoms with van der Waals surface area (Å²) in [5, 5.41) is 4.72. The molecular weight excluding hydrogens is 388 g/mol. The van der Waals surface area contributed by atoms with Crippen molar-refractivity contribution in [2.75, 3.05) is 18.9 Å². The number of pyridine rings is 1. The van der Waals surface area contributed by atoms with Gasteiger partial charge >= 0.3 is 0 Å². The molecule has 150 valence electrons. The van der Waals surface area contributed by atoms with Crippen LogP contribution in [0, 0.1) is 0 Å². The van der Waals surface area contributed by atoms with Gasteiger partial charge in [-0.15, -0.1) is 11.3 Å². The molecule has 1 N–H and O–H groups in total. The molecule has 0 saturated carbocycles. The summed E-state index contributed by atoms with van der Waals surface area (Å²) < 4.78 is 1.25. The van der Waals surface area contributed by atoms with Crippen LogP contribution in [0.3, 0.4) is 0 Å². The Morgan fingerprint density at radius 1 is 1.21 bits per heavy atom. The lowest BCUT2D eigenvalue weighted by molar-refractivity contribution is -0.130. The number of nitrogens with one attached hydrogen (secondary N) is 1. The first kappa shape index (κ1) is 20.5. The van der Waals surface area contributed by atoms with Crippen LogP contribution in [0.25, 0.3) is 0 Å². The molecule has 1 atom stereocenters. The highest BCUT2D eigenvalue weighted by atomic mass is 32.1. The van der Waals surface area contributed by atoms with Crippen LogP contribution in [-0.2, 0) is 11.3 Å². The zero-order chi connectivity index (χ0) is 20.8. The minimum absolute atomic E-state index is 0.0317. The van der Waals surface area contributed by atoms with Crippen molar-refractivity contribution in [1.82, 2.24) is 14.5 Å². The maximum Gasteiger partial charge on any atom is 0.263 e. The van der Waals surface area contributed by atoms with Crippen molar-refractivity contribution in [1.29, 1.82) is 0 Å². The van der Waals surface area contributed by atoms with Crippen molar-refractivity contribution in [3.05, 3.63) is 81.7 Å². The first-order valence-corrected chi connectivity index (χ1v) is 10.0. The minimum atomic E-state index is -0.544. The van der Waals surface area contributed by atoms with E-state index in [1.807, 2.05) is 30.3 Å². The highest BCUT2D eigenvalue weighted by Gasteiger charge is 2.17. The smallest absolute Gasteiger partial charge is 0.263 e. The normalized spacial score (nSPS) is 11.7. The molecule has 0 saturated heterocycles. The third kappa shape index (κ3) is 5.17. The second-order valence-electron chi connectivity index (χ2n) is 6.73. The van der Waals surface area contributed by atoms with Gasteiger partial charge in [0.05, 0.1) is 0 Å². The number of hydrogen-bond acceptors (Lipinski definition) is 5. The van der Waals surface area contributed by atoms with Gasteiger partial charge in [-0.25, -0.2) is 4.98 Å². The molecule has 1 aromatic carbocycles. The van der Waals surface area contributed by atoms with Crippen LogP contribution in [0.5, 0.6) is 0 Å². The van der Waals surface area contributed by atoms with E-state index in [0.29, 0.717) is 11.7 Å². The molecule has 0 spiro atoms. The number of anilines is 1. The Balaban J connectivity index is 1.67. The lowest BCUT2D eigenvalue weighted by Crippen LogP contribution is -2.37. The Morgan fingerprint density at radius 2 is 1.97 bits per heavy atom. The van der Waals surface area contributed by atoms with Gasteiger partial charge in [0.1, 0.15) is 12.1 Å². The van der Waals surface area contributed by atoms with Gasteiger partial charge in [-0.2, -0.15) is 0 Å². The Bertz CT molecular complexity index is 1030. The average molecular weight is 410 g/mol. The standard InChI is InChI=1S/C21H22N4O3S/c1-15(16-7-4-3-5-8-16)13-24(2)18(26)14-25-11-6-9-17(20(25)28)19(27)23-21-22-10-12-29-21/h3-12,15H,13-14H2,1-2H3,(H,22,23,27)/t15-/m1/s1. The maximum absolute atomic E-state index is 12.7. The fraction of sp³-hybridized carbons (Fsp3) is 0.238. The second-order valence-corrected chi connectivity index (χ2v) is 7.63. The highest BCUT2D eigenvalue weighted by Crippen LogP contribution is 2.15. The summed E-state index contributed by atoms with van der Waals surface area (Å²) >= 11 is 1.26. The maximum atomic E-state index is 12.7. The molecule has 0 aliphatic rings. The second kappa shape index (κ2) is 9.29. The molecule has 29 heavy (non-hydrogen) atoms. The van der Waals surface area contributed by atoms with Gasteiger partial charge in [-0.05, 0) is 23.6 Å². The molecule has 8 heteroatoms.